The van der Waals surface area contributed by atoms with Crippen LogP contribution in [0.25, 0.3) is 0 Å². The van der Waals surface area contributed by atoms with Crippen molar-refractivity contribution in [3.63, 3.8) is 0 Å². The molecule has 4 rings (SSSR count). The van der Waals surface area contributed by atoms with Crippen LogP contribution < -0.4 is 11.5 Å². The lowest BCUT2D eigenvalue weighted by Gasteiger charge is -2.52. The molecular formula is C18H32N2O8. The number of hydrogen-bond acceptors (Lipinski definition) is 10. The van der Waals surface area contributed by atoms with Gasteiger partial charge in [0.1, 0.15) is 6.79 Å². The average molecular weight is 404 g/mol. The summed E-state index contributed by atoms with van der Waals surface area (Å²) in [6.45, 7) is 5.07. The normalized spacial score (nSPS) is 37.9. The second kappa shape index (κ2) is 8.76. The van der Waals surface area contributed by atoms with E-state index < -0.39 is 12.1 Å². The van der Waals surface area contributed by atoms with Gasteiger partial charge in [-0.25, -0.2) is 0 Å². The highest BCUT2D eigenvalue weighted by molar-refractivity contribution is 4.92. The maximum absolute atomic E-state index is 6.17. The van der Waals surface area contributed by atoms with Gasteiger partial charge in [-0.05, 0) is 13.1 Å². The smallest absolute Gasteiger partial charge is 0.221 e. The summed E-state index contributed by atoms with van der Waals surface area (Å²) >= 11 is 0. The van der Waals surface area contributed by atoms with E-state index in [2.05, 4.69) is 0 Å². The van der Waals surface area contributed by atoms with E-state index >= 15 is 0 Å². The van der Waals surface area contributed by atoms with E-state index in [4.69, 9.17) is 49.4 Å². The third-order valence-corrected chi connectivity index (χ3v) is 5.72. The van der Waals surface area contributed by atoms with E-state index in [0.717, 1.165) is 0 Å². The zero-order valence-corrected chi connectivity index (χ0v) is 16.3. The summed E-state index contributed by atoms with van der Waals surface area (Å²) < 4.78 is 46.9. The van der Waals surface area contributed by atoms with Gasteiger partial charge >= 0.3 is 0 Å². The molecule has 0 saturated carbocycles. The highest BCUT2D eigenvalue weighted by atomic mass is 16.8. The van der Waals surface area contributed by atoms with Crippen molar-refractivity contribution >= 4 is 0 Å². The molecule has 2 spiro atoms. The molecule has 0 aromatic rings. The van der Waals surface area contributed by atoms with Crippen molar-refractivity contribution in [2.24, 2.45) is 22.3 Å². The Hall–Kier alpha value is -0.400. The topological polar surface area (TPSA) is 126 Å². The summed E-state index contributed by atoms with van der Waals surface area (Å²) in [5, 5.41) is 0. The van der Waals surface area contributed by atoms with Gasteiger partial charge in [-0.15, -0.1) is 0 Å². The molecule has 4 aliphatic rings. The van der Waals surface area contributed by atoms with Gasteiger partial charge in [0.05, 0.1) is 63.7 Å². The molecule has 0 amide bonds. The fourth-order valence-corrected chi connectivity index (χ4v) is 3.96. The van der Waals surface area contributed by atoms with Gasteiger partial charge in [-0.3, -0.25) is 0 Å². The summed E-state index contributed by atoms with van der Waals surface area (Å²) in [4.78, 5) is 0. The highest BCUT2D eigenvalue weighted by Gasteiger charge is 2.54. The number of nitrogens with two attached hydrogens (primary N) is 2. The van der Waals surface area contributed by atoms with Crippen molar-refractivity contribution in [2.75, 3.05) is 72.7 Å². The van der Waals surface area contributed by atoms with E-state index in [9.17, 15) is 0 Å². The van der Waals surface area contributed by atoms with E-state index in [1.165, 1.54) is 0 Å². The zero-order chi connectivity index (χ0) is 19.5. The second-order valence-corrected chi connectivity index (χ2v) is 8.33. The molecule has 4 heterocycles. The molecule has 4 fully saturated rings. The summed E-state index contributed by atoms with van der Waals surface area (Å²) in [6, 6.07) is 0. The molecule has 0 unspecified atom stereocenters. The SMILES string of the molecule is NCCC1OCC2(CO1)COC(C1(CCN)OCC3(COCOC3)CO1)OC2. The van der Waals surface area contributed by atoms with Crippen molar-refractivity contribution < 1.29 is 37.9 Å². The van der Waals surface area contributed by atoms with Crippen molar-refractivity contribution in [3.8, 4) is 0 Å². The standard InChI is InChI=1S/C18H32N2O8/c19-3-1-14-23-7-17(8-24-14)9-25-15(26-10-17)18(2-4-20)27-11-16(12-28-18)5-21-13-22-6-16/h14-15H,1-13,19-20H2. The molecule has 0 aromatic carbocycles. The van der Waals surface area contributed by atoms with Crippen LogP contribution in [0.1, 0.15) is 12.8 Å². The van der Waals surface area contributed by atoms with Gasteiger partial charge < -0.3 is 49.4 Å². The first-order valence-corrected chi connectivity index (χ1v) is 9.93. The fourth-order valence-electron chi connectivity index (χ4n) is 3.96. The molecule has 4 N–H and O–H groups in total. The van der Waals surface area contributed by atoms with Gasteiger partial charge in [0.25, 0.3) is 0 Å². The lowest BCUT2D eigenvalue weighted by Crippen LogP contribution is -2.64. The Morgan fingerprint density at radius 3 is 1.82 bits per heavy atom. The molecule has 0 aliphatic carbocycles. The Kier molecular flexibility index (Phi) is 6.53. The van der Waals surface area contributed by atoms with E-state index in [0.29, 0.717) is 85.6 Å². The Morgan fingerprint density at radius 1 is 0.679 bits per heavy atom. The second-order valence-electron chi connectivity index (χ2n) is 8.33. The van der Waals surface area contributed by atoms with E-state index in [1.807, 2.05) is 0 Å². The molecule has 10 nitrogen and oxygen atoms in total. The lowest BCUT2D eigenvalue weighted by atomic mass is 9.89. The maximum atomic E-state index is 6.17. The minimum absolute atomic E-state index is 0.252. The minimum atomic E-state index is -1.03. The van der Waals surface area contributed by atoms with Crippen LogP contribution in [0.5, 0.6) is 0 Å². The fraction of sp³-hybridized carbons (Fsp3) is 1.00. The molecule has 0 bridgehead atoms. The van der Waals surface area contributed by atoms with Gasteiger partial charge in [-0.1, -0.05) is 0 Å². The Morgan fingerprint density at radius 2 is 1.25 bits per heavy atom. The van der Waals surface area contributed by atoms with Crippen LogP contribution in [-0.4, -0.2) is 91.1 Å². The molecule has 162 valence electrons. The molecule has 0 atom stereocenters. The first-order valence-electron chi connectivity index (χ1n) is 9.93. The molecule has 10 heteroatoms. The summed E-state index contributed by atoms with van der Waals surface area (Å²) in [6.07, 6.45) is 0.231. The van der Waals surface area contributed by atoms with Gasteiger partial charge in [-0.2, -0.15) is 0 Å². The highest BCUT2D eigenvalue weighted by Crippen LogP contribution is 2.40. The van der Waals surface area contributed by atoms with Crippen molar-refractivity contribution in [1.82, 2.24) is 0 Å². The average Bonchev–Trinajstić information content (AvgIpc) is 2.74. The van der Waals surface area contributed by atoms with E-state index in [-0.39, 0.29) is 17.1 Å². The summed E-state index contributed by atoms with van der Waals surface area (Å²) in [7, 11) is 0. The minimum Gasteiger partial charge on any atom is -0.355 e. The van der Waals surface area contributed by atoms with Crippen LogP contribution >= 0.6 is 0 Å². The molecule has 4 saturated heterocycles. The van der Waals surface area contributed by atoms with E-state index in [1.54, 1.807) is 0 Å². The Labute approximate surface area is 165 Å². The van der Waals surface area contributed by atoms with Crippen LogP contribution in [0.3, 0.4) is 0 Å². The van der Waals surface area contributed by atoms with Gasteiger partial charge in [0.15, 0.2) is 6.29 Å². The third-order valence-electron chi connectivity index (χ3n) is 5.72. The summed E-state index contributed by atoms with van der Waals surface area (Å²) in [5.74, 6) is -1.03. The van der Waals surface area contributed by atoms with Crippen LogP contribution in [0.4, 0.5) is 0 Å². The number of ether oxygens (including phenoxy) is 8. The predicted octanol–water partition coefficient (Wildman–Crippen LogP) is -0.850. The molecule has 28 heavy (non-hydrogen) atoms. The zero-order valence-electron chi connectivity index (χ0n) is 16.3. The van der Waals surface area contributed by atoms with Gasteiger partial charge in [0, 0.05) is 12.8 Å². The third kappa shape index (κ3) is 4.22. The number of hydrogen-bond donors (Lipinski definition) is 2. The summed E-state index contributed by atoms with van der Waals surface area (Å²) in [5.41, 5.74) is 10.8. The predicted molar refractivity (Wildman–Crippen MR) is 95.0 cm³/mol. The molecule has 0 radical (unpaired) electrons. The van der Waals surface area contributed by atoms with Crippen LogP contribution in [0.2, 0.25) is 0 Å². The first kappa shape index (κ1) is 20.9. The Bertz CT molecular complexity index is 488. The Balaban J connectivity index is 1.34. The molecule has 4 aliphatic heterocycles. The monoisotopic (exact) mass is 404 g/mol. The van der Waals surface area contributed by atoms with Crippen molar-refractivity contribution in [3.05, 3.63) is 0 Å². The maximum Gasteiger partial charge on any atom is 0.221 e. The lowest BCUT2D eigenvalue weighted by molar-refractivity contribution is -0.422. The van der Waals surface area contributed by atoms with Crippen molar-refractivity contribution in [2.45, 2.75) is 31.2 Å². The molecule has 0 aromatic heterocycles. The van der Waals surface area contributed by atoms with Gasteiger partial charge in [0.2, 0.25) is 12.1 Å². The van der Waals surface area contributed by atoms with Crippen LogP contribution in [0, 0.1) is 10.8 Å². The van der Waals surface area contributed by atoms with Crippen LogP contribution in [-0.2, 0) is 37.9 Å². The quantitative estimate of drug-likeness (QED) is 0.598. The van der Waals surface area contributed by atoms with Crippen molar-refractivity contribution in [1.29, 1.82) is 0 Å². The largest absolute Gasteiger partial charge is 0.355 e. The molecular weight excluding hydrogens is 372 g/mol. The van der Waals surface area contributed by atoms with Crippen LogP contribution in [0.15, 0.2) is 0 Å². The number of rotatable bonds is 5. The first-order chi connectivity index (χ1) is 13.6.